The average Bonchev–Trinajstić information content (AvgIpc) is 2.92. The summed E-state index contributed by atoms with van der Waals surface area (Å²) >= 11 is 1.61. The highest BCUT2D eigenvalue weighted by Gasteiger charge is 2.13. The molecule has 1 aromatic heterocycles. The summed E-state index contributed by atoms with van der Waals surface area (Å²) in [6.45, 7) is 0.373. The van der Waals surface area contributed by atoms with Gasteiger partial charge in [0.15, 0.2) is 0 Å². The van der Waals surface area contributed by atoms with Crippen molar-refractivity contribution in [1.29, 1.82) is 5.26 Å². The van der Waals surface area contributed by atoms with Gasteiger partial charge in [0.2, 0.25) is 10.0 Å². The molecule has 0 bridgehead atoms. The van der Waals surface area contributed by atoms with E-state index in [1.54, 1.807) is 35.6 Å². The number of sulfonamides is 1. The van der Waals surface area contributed by atoms with Gasteiger partial charge in [0, 0.05) is 11.4 Å². The van der Waals surface area contributed by atoms with Crippen LogP contribution in [0.25, 0.3) is 0 Å². The second-order valence-corrected chi connectivity index (χ2v) is 7.09. The van der Waals surface area contributed by atoms with Crippen molar-refractivity contribution in [3.8, 4) is 6.07 Å². The molecule has 0 atom stereocenters. The molecule has 1 heterocycles. The molecule has 0 saturated heterocycles. The lowest BCUT2D eigenvalue weighted by Crippen LogP contribution is -2.27. The van der Waals surface area contributed by atoms with E-state index in [1.807, 2.05) is 23.6 Å². The molecule has 0 aliphatic heterocycles. The first-order chi connectivity index (χ1) is 9.61. The molecule has 6 heteroatoms. The van der Waals surface area contributed by atoms with Crippen LogP contribution in [0.3, 0.4) is 0 Å². The molecular weight excluding hydrogens is 292 g/mol. The summed E-state index contributed by atoms with van der Waals surface area (Å²) in [5.41, 5.74) is 0.926. The van der Waals surface area contributed by atoms with Crippen molar-refractivity contribution in [2.45, 2.75) is 12.2 Å². The van der Waals surface area contributed by atoms with Crippen LogP contribution < -0.4 is 4.72 Å². The van der Waals surface area contributed by atoms with Gasteiger partial charge in [-0.2, -0.15) is 5.26 Å². The molecule has 0 aliphatic carbocycles. The van der Waals surface area contributed by atoms with Crippen molar-refractivity contribution in [2.75, 3.05) is 6.54 Å². The zero-order valence-corrected chi connectivity index (χ0v) is 12.4. The predicted molar refractivity (Wildman–Crippen MR) is 79.8 cm³/mol. The summed E-state index contributed by atoms with van der Waals surface area (Å²) in [5, 5.41) is 10.9. The number of nitrogens with zero attached hydrogens (tertiary/aromatic N) is 1. The Morgan fingerprint density at radius 1 is 1.20 bits per heavy atom. The third kappa shape index (κ3) is 4.17. The molecule has 0 amide bonds. The molecule has 0 aliphatic rings. The Hall–Kier alpha value is -1.68. The maximum atomic E-state index is 12.0. The van der Waals surface area contributed by atoms with Gasteiger partial charge in [-0.1, -0.05) is 24.3 Å². The second kappa shape index (κ2) is 6.66. The quantitative estimate of drug-likeness (QED) is 0.890. The van der Waals surface area contributed by atoms with Crippen LogP contribution in [0.15, 0.2) is 41.8 Å². The van der Waals surface area contributed by atoms with E-state index >= 15 is 0 Å². The zero-order chi connectivity index (χ0) is 14.4. The molecular formula is C14H14N2O2S2. The number of nitrogens with one attached hydrogen (secondary N) is 1. The third-order valence-corrected chi connectivity index (χ3v) is 5.03. The minimum absolute atomic E-state index is 0.166. The Morgan fingerprint density at radius 3 is 2.70 bits per heavy atom. The monoisotopic (exact) mass is 306 g/mol. The molecule has 1 N–H and O–H groups in total. The number of thiophene rings is 1. The Labute approximate surface area is 122 Å². The lowest BCUT2D eigenvalue weighted by atomic mass is 10.1. The fourth-order valence-corrected chi connectivity index (χ4v) is 3.68. The number of hydrogen-bond donors (Lipinski definition) is 1. The number of benzene rings is 1. The minimum Gasteiger partial charge on any atom is -0.215 e. The van der Waals surface area contributed by atoms with Gasteiger partial charge in [-0.3, -0.25) is 0 Å². The molecule has 20 heavy (non-hydrogen) atoms. The molecule has 4 nitrogen and oxygen atoms in total. The summed E-state index contributed by atoms with van der Waals surface area (Å²) in [7, 11) is -3.42. The van der Waals surface area contributed by atoms with Crippen LogP contribution >= 0.6 is 11.3 Å². The molecule has 0 radical (unpaired) electrons. The van der Waals surface area contributed by atoms with Crippen molar-refractivity contribution in [2.24, 2.45) is 0 Å². The van der Waals surface area contributed by atoms with E-state index in [2.05, 4.69) is 4.72 Å². The zero-order valence-electron chi connectivity index (χ0n) is 10.7. The van der Waals surface area contributed by atoms with Gasteiger partial charge < -0.3 is 0 Å². The molecule has 0 fully saturated rings. The van der Waals surface area contributed by atoms with Gasteiger partial charge in [-0.05, 0) is 29.5 Å². The van der Waals surface area contributed by atoms with Crippen LogP contribution in [-0.2, 0) is 22.2 Å². The van der Waals surface area contributed by atoms with Crippen LogP contribution in [0, 0.1) is 11.3 Å². The van der Waals surface area contributed by atoms with E-state index in [-0.39, 0.29) is 5.75 Å². The Bertz CT molecular complexity index is 701. The van der Waals surface area contributed by atoms with Gasteiger partial charge in [0.05, 0.1) is 17.4 Å². The van der Waals surface area contributed by atoms with Crippen LogP contribution in [0.4, 0.5) is 0 Å². The fourth-order valence-electron chi connectivity index (χ4n) is 1.80. The highest BCUT2D eigenvalue weighted by atomic mass is 32.2. The van der Waals surface area contributed by atoms with Crippen molar-refractivity contribution >= 4 is 21.4 Å². The molecule has 0 saturated carbocycles. The van der Waals surface area contributed by atoms with Crippen molar-refractivity contribution in [3.05, 3.63) is 57.8 Å². The Kier molecular flexibility index (Phi) is 4.90. The summed E-state index contributed by atoms with van der Waals surface area (Å²) < 4.78 is 26.5. The lowest BCUT2D eigenvalue weighted by molar-refractivity contribution is 0.581. The molecule has 0 spiro atoms. The maximum Gasteiger partial charge on any atom is 0.215 e. The van der Waals surface area contributed by atoms with Crippen LogP contribution in [-0.4, -0.2) is 15.0 Å². The third-order valence-electron chi connectivity index (χ3n) is 2.76. The minimum atomic E-state index is -3.42. The maximum absolute atomic E-state index is 12.0. The van der Waals surface area contributed by atoms with Crippen molar-refractivity contribution < 1.29 is 8.42 Å². The Balaban J connectivity index is 1.95. The van der Waals surface area contributed by atoms with E-state index in [9.17, 15) is 8.42 Å². The summed E-state index contributed by atoms with van der Waals surface area (Å²) in [6.07, 6.45) is 0.677. The Morgan fingerprint density at radius 2 is 2.00 bits per heavy atom. The number of rotatable bonds is 6. The standard InChI is InChI=1S/C14H14N2O2S2/c15-10-12-4-1-2-5-13(12)11-20(17,18)16-8-7-14-6-3-9-19-14/h1-6,9,16H,7-8,11H2. The molecule has 0 unspecified atom stereocenters. The average molecular weight is 306 g/mol. The van der Waals surface area contributed by atoms with Gasteiger partial charge >= 0.3 is 0 Å². The van der Waals surface area contributed by atoms with Gasteiger partial charge in [-0.25, -0.2) is 13.1 Å². The second-order valence-electron chi connectivity index (χ2n) is 4.25. The highest BCUT2D eigenvalue weighted by Crippen LogP contribution is 2.12. The van der Waals surface area contributed by atoms with Gasteiger partial charge in [0.1, 0.15) is 0 Å². The number of nitriles is 1. The first-order valence-electron chi connectivity index (χ1n) is 6.08. The first-order valence-corrected chi connectivity index (χ1v) is 8.61. The van der Waals surface area contributed by atoms with Crippen molar-refractivity contribution in [3.63, 3.8) is 0 Å². The number of hydrogen-bond acceptors (Lipinski definition) is 4. The highest BCUT2D eigenvalue weighted by molar-refractivity contribution is 7.88. The molecule has 1 aromatic carbocycles. The van der Waals surface area contributed by atoms with E-state index in [0.717, 1.165) is 4.88 Å². The van der Waals surface area contributed by atoms with E-state index < -0.39 is 10.0 Å². The molecule has 2 rings (SSSR count). The normalized spacial score (nSPS) is 11.2. The largest absolute Gasteiger partial charge is 0.215 e. The van der Waals surface area contributed by atoms with Gasteiger partial charge in [-0.15, -0.1) is 11.3 Å². The fraction of sp³-hybridized carbons (Fsp3) is 0.214. The van der Waals surface area contributed by atoms with E-state index in [1.165, 1.54) is 0 Å². The van der Waals surface area contributed by atoms with E-state index in [0.29, 0.717) is 24.1 Å². The van der Waals surface area contributed by atoms with Crippen LogP contribution in [0.2, 0.25) is 0 Å². The topological polar surface area (TPSA) is 70.0 Å². The summed E-state index contributed by atoms with van der Waals surface area (Å²) in [6, 6.07) is 12.7. The van der Waals surface area contributed by atoms with Crippen molar-refractivity contribution in [1.82, 2.24) is 4.72 Å². The van der Waals surface area contributed by atoms with Crippen LogP contribution in [0.5, 0.6) is 0 Å². The lowest BCUT2D eigenvalue weighted by Gasteiger charge is -2.07. The smallest absolute Gasteiger partial charge is 0.215 e. The van der Waals surface area contributed by atoms with Crippen LogP contribution in [0.1, 0.15) is 16.0 Å². The van der Waals surface area contributed by atoms with Gasteiger partial charge in [0.25, 0.3) is 0 Å². The first kappa shape index (κ1) is 14.7. The summed E-state index contributed by atoms with van der Waals surface area (Å²) in [4.78, 5) is 1.14. The predicted octanol–water partition coefficient (Wildman–Crippen LogP) is 2.28. The summed E-state index contributed by atoms with van der Waals surface area (Å²) in [5.74, 6) is -0.166. The molecule has 104 valence electrons. The molecule has 2 aromatic rings. The SMILES string of the molecule is N#Cc1ccccc1CS(=O)(=O)NCCc1cccs1. The van der Waals surface area contributed by atoms with E-state index in [4.69, 9.17) is 5.26 Å².